The van der Waals surface area contributed by atoms with Gasteiger partial charge in [0.1, 0.15) is 0 Å². The minimum atomic E-state index is -0.403. The molecule has 3 N–H and O–H groups in total. The summed E-state index contributed by atoms with van der Waals surface area (Å²) in [6, 6.07) is 9.96. The van der Waals surface area contributed by atoms with E-state index in [-0.39, 0.29) is 36.6 Å². The molecule has 6 nitrogen and oxygen atoms in total. The maximum absolute atomic E-state index is 12.4. The number of rotatable bonds is 5. The van der Waals surface area contributed by atoms with E-state index in [9.17, 15) is 9.90 Å². The van der Waals surface area contributed by atoms with Gasteiger partial charge in [0.25, 0.3) is 5.91 Å². The molecular weight excluding hydrogens is 387 g/mol. The normalized spacial score (nSPS) is 18.2. The molecule has 2 heterocycles. The summed E-state index contributed by atoms with van der Waals surface area (Å²) in [5, 5.41) is 15.8. The summed E-state index contributed by atoms with van der Waals surface area (Å²) in [5.74, 6) is -0.114. The fraction of sp³-hybridized carbons (Fsp3) is 0.368. The van der Waals surface area contributed by atoms with E-state index in [0.29, 0.717) is 18.7 Å². The number of carbonyl (C=O) groups is 1. The third-order valence-corrected chi connectivity index (χ3v) is 4.55. The van der Waals surface area contributed by atoms with Crippen LogP contribution in [-0.2, 0) is 0 Å². The molecule has 1 amide bonds. The van der Waals surface area contributed by atoms with Crippen LogP contribution in [0, 0.1) is 5.92 Å². The molecule has 0 spiro atoms. The molecule has 1 saturated heterocycles. The Kier molecular flexibility index (Phi) is 8.99. The van der Waals surface area contributed by atoms with Crippen LogP contribution in [0.15, 0.2) is 42.7 Å². The van der Waals surface area contributed by atoms with Crippen molar-refractivity contribution < 1.29 is 9.90 Å². The van der Waals surface area contributed by atoms with E-state index < -0.39 is 6.10 Å². The minimum Gasteiger partial charge on any atom is -0.391 e. The van der Waals surface area contributed by atoms with E-state index in [1.165, 1.54) is 0 Å². The number of aliphatic hydroxyl groups is 1. The summed E-state index contributed by atoms with van der Waals surface area (Å²) < 4.78 is 0. The van der Waals surface area contributed by atoms with E-state index in [1.54, 1.807) is 12.4 Å². The Balaban J connectivity index is 0.00000182. The zero-order valence-corrected chi connectivity index (χ0v) is 17.0. The Morgan fingerprint density at radius 1 is 1.19 bits per heavy atom. The molecule has 8 heteroatoms. The minimum absolute atomic E-state index is 0. The first kappa shape index (κ1) is 23.2. The lowest BCUT2D eigenvalue weighted by Crippen LogP contribution is -2.34. The van der Waals surface area contributed by atoms with Crippen molar-refractivity contribution in [1.82, 2.24) is 15.6 Å². The lowest BCUT2D eigenvalue weighted by molar-refractivity contribution is 0.0926. The average Bonchev–Trinajstić information content (AvgIpc) is 3.05. The molecule has 1 aromatic heterocycles. The van der Waals surface area contributed by atoms with Crippen LogP contribution in [-0.4, -0.2) is 55.8 Å². The second-order valence-electron chi connectivity index (χ2n) is 6.60. The molecule has 2 atom stereocenters. The zero-order valence-electron chi connectivity index (χ0n) is 15.4. The number of halogens is 2. The fourth-order valence-electron chi connectivity index (χ4n) is 2.93. The zero-order chi connectivity index (χ0) is 17.8. The van der Waals surface area contributed by atoms with Crippen molar-refractivity contribution in [2.45, 2.75) is 6.10 Å². The van der Waals surface area contributed by atoms with Crippen LogP contribution in [0.3, 0.4) is 0 Å². The summed E-state index contributed by atoms with van der Waals surface area (Å²) in [7, 11) is 4.00. The van der Waals surface area contributed by atoms with Gasteiger partial charge in [-0.25, -0.2) is 0 Å². The molecule has 3 rings (SSSR count). The van der Waals surface area contributed by atoms with Gasteiger partial charge < -0.3 is 20.6 Å². The van der Waals surface area contributed by atoms with Gasteiger partial charge >= 0.3 is 0 Å². The van der Waals surface area contributed by atoms with Crippen LogP contribution < -0.4 is 15.5 Å². The van der Waals surface area contributed by atoms with Gasteiger partial charge in [0.15, 0.2) is 0 Å². The molecule has 0 radical (unpaired) electrons. The highest BCUT2D eigenvalue weighted by molar-refractivity contribution is 5.95. The maximum atomic E-state index is 12.4. The first-order chi connectivity index (χ1) is 12.0. The van der Waals surface area contributed by atoms with Crippen molar-refractivity contribution in [2.24, 2.45) is 5.92 Å². The highest BCUT2D eigenvalue weighted by Gasteiger charge is 2.25. The van der Waals surface area contributed by atoms with E-state index in [0.717, 1.165) is 23.4 Å². The van der Waals surface area contributed by atoms with E-state index >= 15 is 0 Å². The number of aromatic nitrogens is 1. The third-order valence-electron chi connectivity index (χ3n) is 4.55. The molecule has 0 saturated carbocycles. The number of β-amino-alcohol motifs (C(OH)–C–C–N with tert-alkyl or cyclic N) is 1. The number of pyridine rings is 1. The molecule has 0 aliphatic carbocycles. The van der Waals surface area contributed by atoms with Gasteiger partial charge in [-0.15, -0.1) is 24.8 Å². The van der Waals surface area contributed by atoms with Crippen LogP contribution in [0.4, 0.5) is 5.69 Å². The highest BCUT2D eigenvalue weighted by Crippen LogP contribution is 2.22. The number of nitrogens with zero attached hydrogens (tertiary/aromatic N) is 2. The molecule has 1 aliphatic rings. The molecule has 1 aromatic carbocycles. The van der Waals surface area contributed by atoms with Gasteiger partial charge in [0.2, 0.25) is 0 Å². The van der Waals surface area contributed by atoms with E-state index in [4.69, 9.17) is 0 Å². The summed E-state index contributed by atoms with van der Waals surface area (Å²) in [6.45, 7) is 1.76. The third kappa shape index (κ3) is 5.81. The molecule has 2 unspecified atom stereocenters. The Labute approximate surface area is 172 Å². The number of aliphatic hydroxyl groups excluding tert-OH is 1. The number of hydrogen-bond donors (Lipinski definition) is 3. The van der Waals surface area contributed by atoms with Crippen molar-refractivity contribution >= 4 is 36.4 Å². The first-order valence-corrected chi connectivity index (χ1v) is 8.44. The Morgan fingerprint density at radius 2 is 1.89 bits per heavy atom. The van der Waals surface area contributed by atoms with Crippen LogP contribution in [0.2, 0.25) is 0 Å². The molecular formula is C19H26Cl2N4O2. The summed E-state index contributed by atoms with van der Waals surface area (Å²) in [6.07, 6.45) is 2.92. The average molecular weight is 413 g/mol. The molecule has 148 valence electrons. The summed E-state index contributed by atoms with van der Waals surface area (Å²) in [4.78, 5) is 18.6. The first-order valence-electron chi connectivity index (χ1n) is 8.44. The fourth-order valence-corrected chi connectivity index (χ4v) is 2.93. The SMILES string of the molecule is CN(C)c1ccc(-c2cncc(C(=O)NCC3CNCC3O)c2)cc1.Cl.Cl. The second kappa shape index (κ2) is 10.5. The lowest BCUT2D eigenvalue weighted by atomic mass is 10.0. The second-order valence-corrected chi connectivity index (χ2v) is 6.60. The van der Waals surface area contributed by atoms with Crippen molar-refractivity contribution in [1.29, 1.82) is 0 Å². The van der Waals surface area contributed by atoms with Gasteiger partial charge in [0, 0.05) is 63.3 Å². The van der Waals surface area contributed by atoms with Gasteiger partial charge in [-0.2, -0.15) is 0 Å². The van der Waals surface area contributed by atoms with E-state index in [1.807, 2.05) is 49.3 Å². The number of hydrogen-bond acceptors (Lipinski definition) is 5. The molecule has 27 heavy (non-hydrogen) atoms. The quantitative estimate of drug-likeness (QED) is 0.699. The van der Waals surface area contributed by atoms with Gasteiger partial charge in [0.05, 0.1) is 11.7 Å². The summed E-state index contributed by atoms with van der Waals surface area (Å²) >= 11 is 0. The van der Waals surface area contributed by atoms with Crippen molar-refractivity contribution in [3.8, 4) is 11.1 Å². The molecule has 1 aliphatic heterocycles. The monoisotopic (exact) mass is 412 g/mol. The Hall–Kier alpha value is -1.86. The van der Waals surface area contributed by atoms with Crippen LogP contribution in [0.1, 0.15) is 10.4 Å². The van der Waals surface area contributed by atoms with Gasteiger partial charge in [-0.05, 0) is 23.8 Å². The number of nitrogens with one attached hydrogen (secondary N) is 2. The summed E-state index contributed by atoms with van der Waals surface area (Å²) in [5.41, 5.74) is 3.56. The molecule has 2 aromatic rings. The smallest absolute Gasteiger partial charge is 0.252 e. The van der Waals surface area contributed by atoms with Gasteiger partial charge in [-0.1, -0.05) is 12.1 Å². The highest BCUT2D eigenvalue weighted by atomic mass is 35.5. The number of benzene rings is 1. The van der Waals surface area contributed by atoms with Gasteiger partial charge in [-0.3, -0.25) is 9.78 Å². The van der Waals surface area contributed by atoms with Crippen molar-refractivity contribution in [2.75, 3.05) is 38.6 Å². The predicted octanol–water partition coefficient (Wildman–Crippen LogP) is 1.97. The number of carbonyl (C=O) groups excluding carboxylic acids is 1. The molecule has 0 bridgehead atoms. The number of anilines is 1. The largest absolute Gasteiger partial charge is 0.391 e. The molecule has 1 fully saturated rings. The van der Waals surface area contributed by atoms with Crippen molar-refractivity contribution in [3.05, 3.63) is 48.3 Å². The van der Waals surface area contributed by atoms with Crippen LogP contribution in [0.5, 0.6) is 0 Å². The van der Waals surface area contributed by atoms with E-state index in [2.05, 4.69) is 15.6 Å². The number of amides is 1. The van der Waals surface area contributed by atoms with Crippen LogP contribution in [0.25, 0.3) is 11.1 Å². The standard InChI is InChI=1S/C19H24N4O2.2ClH/c1-23(2)17-5-3-13(4-6-17)14-7-15(9-20-8-14)19(25)22-11-16-10-21-12-18(16)24;;/h3-9,16,18,21,24H,10-12H2,1-2H3,(H,22,25);2*1H. The van der Waals surface area contributed by atoms with Crippen molar-refractivity contribution in [3.63, 3.8) is 0 Å². The topological polar surface area (TPSA) is 77.5 Å². The lowest BCUT2D eigenvalue weighted by Gasteiger charge is -2.14. The van der Waals surface area contributed by atoms with Crippen LogP contribution >= 0.6 is 24.8 Å². The predicted molar refractivity (Wildman–Crippen MR) is 113 cm³/mol. The Morgan fingerprint density at radius 3 is 2.48 bits per heavy atom. The Bertz CT molecular complexity index is 741. The maximum Gasteiger partial charge on any atom is 0.252 e.